The van der Waals surface area contributed by atoms with Crippen LogP contribution in [0, 0.1) is 0 Å². The zero-order valence-electron chi connectivity index (χ0n) is 7.17. The third-order valence-corrected chi connectivity index (χ3v) is 1.99. The number of nitrogens with zero attached hydrogens (tertiary/aromatic N) is 1. The number of hydrogen-bond donors (Lipinski definition) is 1. The van der Waals surface area contributed by atoms with Gasteiger partial charge in [0.05, 0.1) is 23.7 Å². The molecular weight excluding hydrogens is 227 g/mol. The van der Waals surface area contributed by atoms with Crippen LogP contribution in [0.5, 0.6) is 0 Å². The Morgan fingerprint density at radius 2 is 2.21 bits per heavy atom. The molecule has 0 aliphatic carbocycles. The maximum absolute atomic E-state index is 11.2. The minimum absolute atomic E-state index is 0.182. The molecule has 1 rings (SSSR count). The number of rotatable bonds is 4. The van der Waals surface area contributed by atoms with Crippen LogP contribution in [0.2, 0.25) is 0 Å². The lowest BCUT2D eigenvalue weighted by Gasteiger charge is -1.98. The summed E-state index contributed by atoms with van der Waals surface area (Å²) in [5, 5.41) is 3.71. The summed E-state index contributed by atoms with van der Waals surface area (Å²) in [5.41, 5.74) is 2.77. The van der Waals surface area contributed by atoms with Crippen LogP contribution < -0.4 is 5.43 Å². The first-order valence-electron chi connectivity index (χ1n) is 3.79. The van der Waals surface area contributed by atoms with Crippen LogP contribution >= 0.6 is 23.2 Å². The average molecular weight is 235 g/mol. The van der Waals surface area contributed by atoms with E-state index in [1.807, 2.05) is 0 Å². The van der Waals surface area contributed by atoms with E-state index in [-0.39, 0.29) is 17.5 Å². The van der Waals surface area contributed by atoms with Gasteiger partial charge in [-0.3, -0.25) is 4.79 Å². The smallest absolute Gasteiger partial charge is 0.307 e. The fraction of sp³-hybridized carbons (Fsp3) is 0.250. The molecule has 0 atom stereocenters. The van der Waals surface area contributed by atoms with Gasteiger partial charge >= 0.3 is 5.91 Å². The molecule has 1 heterocycles. The van der Waals surface area contributed by atoms with E-state index in [1.54, 1.807) is 6.07 Å². The first-order valence-corrected chi connectivity index (χ1v) is 4.86. The number of carbonyl (C=O) groups is 1. The highest BCUT2D eigenvalue weighted by molar-refractivity contribution is 6.37. The maximum atomic E-state index is 11.2. The van der Waals surface area contributed by atoms with E-state index in [4.69, 9.17) is 27.6 Å². The van der Waals surface area contributed by atoms with Crippen molar-refractivity contribution >= 4 is 34.8 Å². The molecule has 1 amide bonds. The van der Waals surface area contributed by atoms with Crippen LogP contribution in [0.3, 0.4) is 0 Å². The number of hydrazone groups is 1. The minimum Gasteiger partial charge on any atom is -0.459 e. The van der Waals surface area contributed by atoms with Crippen molar-refractivity contribution < 1.29 is 9.21 Å². The molecule has 0 aromatic carbocycles. The Balaban J connectivity index is 2.54. The van der Waals surface area contributed by atoms with Gasteiger partial charge in [0.1, 0.15) is 0 Å². The molecule has 0 fully saturated rings. The Bertz CT molecular complexity index is 316. The summed E-state index contributed by atoms with van der Waals surface area (Å²) >= 11 is 11.0. The molecule has 0 bridgehead atoms. The SMILES string of the molecule is O=C(NN=C(CCl)CCl)c1ccco1. The summed E-state index contributed by atoms with van der Waals surface area (Å²) < 4.78 is 4.85. The van der Waals surface area contributed by atoms with E-state index in [9.17, 15) is 4.79 Å². The number of alkyl halides is 2. The highest BCUT2D eigenvalue weighted by Crippen LogP contribution is 1.99. The second kappa shape index (κ2) is 5.67. The second-order valence-corrected chi connectivity index (χ2v) is 2.90. The third-order valence-electron chi connectivity index (χ3n) is 1.37. The summed E-state index contributed by atoms with van der Waals surface area (Å²) in [7, 11) is 0. The van der Waals surface area contributed by atoms with Gasteiger partial charge in [-0.05, 0) is 12.1 Å². The molecular formula is C8H8Cl2N2O2. The van der Waals surface area contributed by atoms with Crippen LogP contribution in [-0.2, 0) is 0 Å². The molecule has 1 aromatic heterocycles. The van der Waals surface area contributed by atoms with Crippen molar-refractivity contribution in [1.82, 2.24) is 5.43 Å². The van der Waals surface area contributed by atoms with Gasteiger partial charge in [-0.25, -0.2) is 5.43 Å². The van der Waals surface area contributed by atoms with Gasteiger partial charge in [-0.1, -0.05) is 0 Å². The van der Waals surface area contributed by atoms with E-state index < -0.39 is 5.91 Å². The van der Waals surface area contributed by atoms with Gasteiger partial charge in [-0.15, -0.1) is 23.2 Å². The third kappa shape index (κ3) is 3.05. The molecule has 6 heteroatoms. The van der Waals surface area contributed by atoms with Crippen molar-refractivity contribution in [3.05, 3.63) is 24.2 Å². The standard InChI is InChI=1S/C8H8Cl2N2O2/c9-4-6(5-10)11-12-8(13)7-2-1-3-14-7/h1-3H,4-5H2,(H,12,13). The Morgan fingerprint density at radius 3 is 2.71 bits per heavy atom. The first-order chi connectivity index (χ1) is 6.77. The number of hydrogen-bond acceptors (Lipinski definition) is 3. The topological polar surface area (TPSA) is 54.6 Å². The molecule has 1 aromatic rings. The van der Waals surface area contributed by atoms with Crippen LogP contribution in [0.4, 0.5) is 0 Å². The van der Waals surface area contributed by atoms with Crippen molar-refractivity contribution in [3.8, 4) is 0 Å². The van der Waals surface area contributed by atoms with E-state index in [0.29, 0.717) is 5.71 Å². The van der Waals surface area contributed by atoms with Crippen molar-refractivity contribution in [2.45, 2.75) is 0 Å². The maximum Gasteiger partial charge on any atom is 0.307 e. The largest absolute Gasteiger partial charge is 0.459 e. The van der Waals surface area contributed by atoms with Crippen LogP contribution in [0.25, 0.3) is 0 Å². The van der Waals surface area contributed by atoms with Gasteiger partial charge in [0.2, 0.25) is 0 Å². The normalized spacial score (nSPS) is 9.57. The Kier molecular flexibility index (Phi) is 4.49. The fourth-order valence-electron chi connectivity index (χ4n) is 0.688. The van der Waals surface area contributed by atoms with E-state index >= 15 is 0 Å². The molecule has 4 nitrogen and oxygen atoms in total. The van der Waals surface area contributed by atoms with E-state index in [2.05, 4.69) is 10.5 Å². The zero-order chi connectivity index (χ0) is 10.4. The van der Waals surface area contributed by atoms with Gasteiger partial charge in [0.15, 0.2) is 5.76 Å². The Morgan fingerprint density at radius 1 is 1.50 bits per heavy atom. The van der Waals surface area contributed by atoms with Crippen molar-refractivity contribution in [3.63, 3.8) is 0 Å². The summed E-state index contributed by atoms with van der Waals surface area (Å²) in [4.78, 5) is 11.2. The average Bonchev–Trinajstić information content (AvgIpc) is 2.72. The molecule has 0 aliphatic rings. The lowest BCUT2D eigenvalue weighted by Crippen LogP contribution is -2.20. The van der Waals surface area contributed by atoms with Crippen molar-refractivity contribution in [2.75, 3.05) is 11.8 Å². The quantitative estimate of drug-likeness (QED) is 0.491. The number of halogens is 2. The number of amides is 1. The summed E-state index contributed by atoms with van der Waals surface area (Å²) in [6.45, 7) is 0. The van der Waals surface area contributed by atoms with Crippen molar-refractivity contribution in [1.29, 1.82) is 0 Å². The van der Waals surface area contributed by atoms with Crippen molar-refractivity contribution in [2.24, 2.45) is 5.10 Å². The second-order valence-electron chi connectivity index (χ2n) is 2.36. The number of furan rings is 1. The predicted octanol–water partition coefficient (Wildman–Crippen LogP) is 1.84. The molecule has 0 aliphatic heterocycles. The van der Waals surface area contributed by atoms with Crippen LogP contribution in [0.1, 0.15) is 10.6 Å². The first kappa shape index (κ1) is 11.1. The highest BCUT2D eigenvalue weighted by Gasteiger charge is 2.06. The number of carbonyl (C=O) groups excluding carboxylic acids is 1. The molecule has 0 radical (unpaired) electrons. The monoisotopic (exact) mass is 234 g/mol. The summed E-state index contributed by atoms with van der Waals surface area (Å²) in [6.07, 6.45) is 1.41. The van der Waals surface area contributed by atoms with E-state index in [0.717, 1.165) is 0 Å². The molecule has 76 valence electrons. The molecule has 1 N–H and O–H groups in total. The lowest BCUT2D eigenvalue weighted by molar-refractivity contribution is 0.0927. The zero-order valence-corrected chi connectivity index (χ0v) is 8.68. The van der Waals surface area contributed by atoms with Crippen LogP contribution in [0.15, 0.2) is 27.9 Å². The molecule has 0 saturated carbocycles. The van der Waals surface area contributed by atoms with E-state index in [1.165, 1.54) is 12.3 Å². The highest BCUT2D eigenvalue weighted by atomic mass is 35.5. The summed E-state index contributed by atoms with van der Waals surface area (Å²) in [6, 6.07) is 3.15. The fourth-order valence-corrected chi connectivity index (χ4v) is 1.09. The Labute approximate surface area is 90.9 Å². The number of nitrogens with one attached hydrogen (secondary N) is 1. The molecule has 0 unspecified atom stereocenters. The Hall–Kier alpha value is -1.00. The van der Waals surface area contributed by atoms with Gasteiger partial charge < -0.3 is 4.42 Å². The molecule has 14 heavy (non-hydrogen) atoms. The molecule has 0 spiro atoms. The van der Waals surface area contributed by atoms with Gasteiger partial charge in [0, 0.05) is 0 Å². The van der Waals surface area contributed by atoms with Crippen LogP contribution in [-0.4, -0.2) is 23.4 Å². The van der Waals surface area contributed by atoms with Gasteiger partial charge in [0.25, 0.3) is 0 Å². The van der Waals surface area contributed by atoms with Gasteiger partial charge in [-0.2, -0.15) is 5.10 Å². The molecule has 0 saturated heterocycles. The lowest BCUT2D eigenvalue weighted by atomic mass is 10.4. The predicted molar refractivity (Wildman–Crippen MR) is 55.0 cm³/mol. The minimum atomic E-state index is -0.428. The summed E-state index contributed by atoms with van der Waals surface area (Å²) in [5.74, 6) is 0.129.